The molecule has 0 aliphatic heterocycles. The van der Waals surface area contributed by atoms with Crippen molar-refractivity contribution in [3.8, 4) is 5.69 Å². The van der Waals surface area contributed by atoms with Gasteiger partial charge in [-0.15, -0.1) is 0 Å². The van der Waals surface area contributed by atoms with E-state index in [1.165, 1.54) is 25.0 Å². The summed E-state index contributed by atoms with van der Waals surface area (Å²) in [6, 6.07) is 6.09. The van der Waals surface area contributed by atoms with Gasteiger partial charge < -0.3 is 20.1 Å². The molecule has 0 atom stereocenters. The number of amides is 2. The Hall–Kier alpha value is -3.89. The molecule has 0 saturated heterocycles. The molecular weight excluding hydrogens is 480 g/mol. The van der Waals surface area contributed by atoms with Crippen LogP contribution in [0.5, 0.6) is 0 Å². The van der Waals surface area contributed by atoms with Crippen LogP contribution in [-0.2, 0) is 19.1 Å². The summed E-state index contributed by atoms with van der Waals surface area (Å²) >= 11 is 0. The van der Waals surface area contributed by atoms with E-state index in [9.17, 15) is 24.0 Å². The van der Waals surface area contributed by atoms with Crippen molar-refractivity contribution in [2.45, 2.75) is 58.3 Å². The highest BCUT2D eigenvalue weighted by Gasteiger charge is 2.16. The largest absolute Gasteiger partial charge is 0.469 e. The van der Waals surface area contributed by atoms with Crippen LogP contribution in [-0.4, -0.2) is 60.3 Å². The zero-order valence-electron chi connectivity index (χ0n) is 21.7. The summed E-state index contributed by atoms with van der Waals surface area (Å²) in [7, 11) is 2.70. The molecular formula is C26H36N4O7. The minimum absolute atomic E-state index is 0.245. The first-order valence-corrected chi connectivity index (χ1v) is 12.4. The van der Waals surface area contributed by atoms with Crippen molar-refractivity contribution in [3.05, 3.63) is 52.2 Å². The molecule has 11 heteroatoms. The second kappa shape index (κ2) is 15.3. The number of nitrogens with one attached hydrogen (secondary N) is 2. The van der Waals surface area contributed by atoms with Gasteiger partial charge in [-0.1, -0.05) is 18.9 Å². The summed E-state index contributed by atoms with van der Waals surface area (Å²) in [6.07, 6.45) is 6.42. The number of hydrogen-bond acceptors (Lipinski definition) is 7. The summed E-state index contributed by atoms with van der Waals surface area (Å²) in [5.74, 6) is -0.781. The number of nitrogens with zero attached hydrogens (tertiary/aromatic N) is 2. The fourth-order valence-electron chi connectivity index (χ4n) is 3.74. The lowest BCUT2D eigenvalue weighted by molar-refractivity contribution is -0.141. The summed E-state index contributed by atoms with van der Waals surface area (Å²) in [5, 5.41) is 5.56. The normalized spacial score (nSPS) is 10.6. The summed E-state index contributed by atoms with van der Waals surface area (Å²) < 4.78 is 11.6. The molecule has 1 aromatic heterocycles. The zero-order chi connectivity index (χ0) is 27.2. The minimum Gasteiger partial charge on any atom is -0.469 e. The average Bonchev–Trinajstić information content (AvgIpc) is 3.20. The van der Waals surface area contributed by atoms with Gasteiger partial charge in [0.2, 0.25) is 0 Å². The number of aryl methyl sites for hydroxylation is 1. The Kier molecular flexibility index (Phi) is 12.1. The monoisotopic (exact) mass is 516 g/mol. The van der Waals surface area contributed by atoms with E-state index in [0.29, 0.717) is 62.1 Å². The van der Waals surface area contributed by atoms with Crippen LogP contribution in [0.4, 0.5) is 4.79 Å². The summed E-state index contributed by atoms with van der Waals surface area (Å²) in [6.45, 7) is 2.54. The molecule has 0 spiro atoms. The van der Waals surface area contributed by atoms with Crippen LogP contribution in [0.15, 0.2) is 35.3 Å². The number of ether oxygens (including phenoxy) is 2. The quantitative estimate of drug-likeness (QED) is 0.291. The molecule has 0 aliphatic carbocycles. The van der Waals surface area contributed by atoms with Gasteiger partial charge in [-0.3, -0.25) is 19.0 Å². The van der Waals surface area contributed by atoms with Gasteiger partial charge in [0.05, 0.1) is 19.9 Å². The van der Waals surface area contributed by atoms with E-state index < -0.39 is 11.7 Å². The molecule has 0 saturated carbocycles. The van der Waals surface area contributed by atoms with Crippen LogP contribution in [0.2, 0.25) is 0 Å². The minimum atomic E-state index is -0.541. The predicted octanol–water partition coefficient (Wildman–Crippen LogP) is 2.70. The zero-order valence-corrected chi connectivity index (χ0v) is 21.7. The van der Waals surface area contributed by atoms with Crippen molar-refractivity contribution >= 4 is 23.9 Å². The molecule has 0 bridgehead atoms. The molecule has 11 nitrogen and oxygen atoms in total. The fourth-order valence-corrected chi connectivity index (χ4v) is 3.74. The van der Waals surface area contributed by atoms with Crippen LogP contribution in [0.3, 0.4) is 0 Å². The number of hydrogen-bond donors (Lipinski definition) is 2. The molecule has 202 valence electrons. The molecule has 2 N–H and O–H groups in total. The van der Waals surface area contributed by atoms with E-state index in [0.717, 1.165) is 23.8 Å². The average molecular weight is 517 g/mol. The maximum absolute atomic E-state index is 13.0. The summed E-state index contributed by atoms with van der Waals surface area (Å²) in [4.78, 5) is 60.4. The van der Waals surface area contributed by atoms with Gasteiger partial charge in [-0.2, -0.15) is 0 Å². The third-order valence-electron chi connectivity index (χ3n) is 5.78. The standard InChI is InChI=1S/C26H36N4O7/c1-19-18-29(25(34)28-16-9-5-7-14-23(32)37-3)26(35)30(19)21-12-10-11-20(17-21)24(33)27-15-8-4-6-13-22(31)36-2/h10-12,17-18H,4-9,13-16H2,1-3H3,(H,27,33)(H,28,34). The lowest BCUT2D eigenvalue weighted by Gasteiger charge is -2.09. The van der Waals surface area contributed by atoms with E-state index in [-0.39, 0.29) is 17.8 Å². The highest BCUT2D eigenvalue weighted by molar-refractivity contribution is 5.94. The second-order valence-corrected chi connectivity index (χ2v) is 8.57. The Bertz CT molecular complexity index is 1140. The third-order valence-corrected chi connectivity index (χ3v) is 5.78. The SMILES string of the molecule is COC(=O)CCCCCNC(=O)c1cccc(-n2c(C)cn(C(=O)NCCCCCC(=O)OC)c2=O)c1. The number of imidazole rings is 1. The smallest absolute Gasteiger partial charge is 0.341 e. The van der Waals surface area contributed by atoms with Crippen molar-refractivity contribution in [1.29, 1.82) is 0 Å². The first-order valence-electron chi connectivity index (χ1n) is 12.4. The van der Waals surface area contributed by atoms with E-state index >= 15 is 0 Å². The third kappa shape index (κ3) is 9.25. The highest BCUT2D eigenvalue weighted by atomic mass is 16.5. The number of esters is 2. The summed E-state index contributed by atoms with van der Waals surface area (Å²) in [5.41, 5.74) is 0.871. The van der Waals surface area contributed by atoms with Crippen LogP contribution in [0.25, 0.3) is 5.69 Å². The van der Waals surface area contributed by atoms with Crippen molar-refractivity contribution in [3.63, 3.8) is 0 Å². The van der Waals surface area contributed by atoms with Crippen molar-refractivity contribution in [2.75, 3.05) is 27.3 Å². The van der Waals surface area contributed by atoms with Gasteiger partial charge in [0.1, 0.15) is 0 Å². The van der Waals surface area contributed by atoms with E-state index in [1.54, 1.807) is 31.2 Å². The van der Waals surface area contributed by atoms with E-state index in [2.05, 4.69) is 20.1 Å². The molecule has 2 amide bonds. The second-order valence-electron chi connectivity index (χ2n) is 8.57. The van der Waals surface area contributed by atoms with Gasteiger partial charge in [-0.25, -0.2) is 14.2 Å². The lowest BCUT2D eigenvalue weighted by atomic mass is 10.1. The molecule has 2 aromatic rings. The lowest BCUT2D eigenvalue weighted by Crippen LogP contribution is -2.36. The van der Waals surface area contributed by atoms with Gasteiger partial charge in [0, 0.05) is 43.4 Å². The molecule has 1 aromatic carbocycles. The van der Waals surface area contributed by atoms with Crippen molar-refractivity contribution in [1.82, 2.24) is 19.8 Å². The molecule has 37 heavy (non-hydrogen) atoms. The molecule has 0 aliphatic rings. The number of aromatic nitrogens is 2. The predicted molar refractivity (Wildman–Crippen MR) is 137 cm³/mol. The highest BCUT2D eigenvalue weighted by Crippen LogP contribution is 2.12. The Morgan fingerprint density at radius 2 is 1.43 bits per heavy atom. The maximum atomic E-state index is 13.0. The number of rotatable bonds is 14. The van der Waals surface area contributed by atoms with E-state index in [4.69, 9.17) is 0 Å². The van der Waals surface area contributed by atoms with Crippen LogP contribution in [0, 0.1) is 6.92 Å². The molecule has 1 heterocycles. The Balaban J connectivity index is 1.92. The Labute approximate surface area is 216 Å². The van der Waals surface area contributed by atoms with Gasteiger partial charge in [0.15, 0.2) is 0 Å². The molecule has 0 fully saturated rings. The first-order chi connectivity index (χ1) is 17.8. The fraction of sp³-hybridized carbons (Fsp3) is 0.500. The van der Waals surface area contributed by atoms with Crippen molar-refractivity contribution in [2.24, 2.45) is 0 Å². The molecule has 0 radical (unpaired) electrons. The number of unbranched alkanes of at least 4 members (excludes halogenated alkanes) is 4. The van der Waals surface area contributed by atoms with Crippen LogP contribution < -0.4 is 16.3 Å². The van der Waals surface area contributed by atoms with Crippen molar-refractivity contribution < 1.29 is 28.7 Å². The number of carbonyl (C=O) groups is 4. The van der Waals surface area contributed by atoms with Gasteiger partial charge in [-0.05, 0) is 50.8 Å². The number of methoxy groups -OCH3 is 2. The Morgan fingerprint density at radius 1 is 0.838 bits per heavy atom. The maximum Gasteiger partial charge on any atom is 0.341 e. The van der Waals surface area contributed by atoms with Gasteiger partial charge in [0.25, 0.3) is 5.91 Å². The van der Waals surface area contributed by atoms with Crippen LogP contribution in [0.1, 0.15) is 67.4 Å². The molecule has 2 rings (SSSR count). The first kappa shape index (κ1) is 29.3. The van der Waals surface area contributed by atoms with E-state index in [1.807, 2.05) is 0 Å². The van der Waals surface area contributed by atoms with Gasteiger partial charge >= 0.3 is 23.7 Å². The Morgan fingerprint density at radius 3 is 2.03 bits per heavy atom. The number of benzene rings is 1. The molecule has 0 unspecified atom stereocenters. The van der Waals surface area contributed by atoms with Crippen LogP contribution >= 0.6 is 0 Å². The topological polar surface area (TPSA) is 138 Å². The number of carbonyl (C=O) groups excluding carboxylic acids is 4.